The second kappa shape index (κ2) is 7.26. The van der Waals surface area contributed by atoms with Crippen molar-refractivity contribution in [3.8, 4) is 0 Å². The molecule has 0 aromatic heterocycles. The summed E-state index contributed by atoms with van der Waals surface area (Å²) in [4.78, 5) is 13.7. The summed E-state index contributed by atoms with van der Waals surface area (Å²) in [6.45, 7) is 5.95. The molecule has 2 rings (SSSR count). The van der Waals surface area contributed by atoms with E-state index < -0.39 is 0 Å². The second-order valence-corrected chi connectivity index (χ2v) is 5.00. The lowest BCUT2D eigenvalue weighted by Crippen LogP contribution is -2.47. The zero-order chi connectivity index (χ0) is 13.5. The highest BCUT2D eigenvalue weighted by molar-refractivity contribution is 5.73. The molecule has 0 radical (unpaired) electrons. The maximum Gasteiger partial charge on any atom is 0.217 e. The van der Waals surface area contributed by atoms with Crippen molar-refractivity contribution in [3.63, 3.8) is 0 Å². The number of benzene rings is 1. The van der Waals surface area contributed by atoms with Gasteiger partial charge in [0.2, 0.25) is 5.91 Å². The number of carbonyl (C=O) groups is 1. The predicted molar refractivity (Wildman–Crippen MR) is 75.0 cm³/mol. The second-order valence-electron chi connectivity index (χ2n) is 5.00. The van der Waals surface area contributed by atoms with E-state index in [4.69, 9.17) is 4.74 Å². The van der Waals surface area contributed by atoms with Crippen LogP contribution in [-0.4, -0.2) is 49.7 Å². The van der Waals surface area contributed by atoms with Gasteiger partial charge >= 0.3 is 0 Å². The van der Waals surface area contributed by atoms with Crippen LogP contribution in [0, 0.1) is 0 Å². The minimum atomic E-state index is 0.0363. The fourth-order valence-electron chi connectivity index (χ4n) is 2.44. The van der Waals surface area contributed by atoms with E-state index in [2.05, 4.69) is 22.3 Å². The first-order chi connectivity index (χ1) is 9.24. The van der Waals surface area contributed by atoms with Crippen molar-refractivity contribution in [3.05, 3.63) is 35.9 Å². The average molecular weight is 262 g/mol. The van der Waals surface area contributed by atoms with Gasteiger partial charge in [-0.05, 0) is 12.0 Å². The van der Waals surface area contributed by atoms with Gasteiger partial charge in [0.1, 0.15) is 0 Å². The van der Waals surface area contributed by atoms with Gasteiger partial charge in [-0.3, -0.25) is 9.69 Å². The maximum atomic E-state index is 11.3. The predicted octanol–water partition coefficient (Wildman–Crippen LogP) is 1.07. The number of amides is 1. The van der Waals surface area contributed by atoms with Gasteiger partial charge in [0.05, 0.1) is 13.2 Å². The highest BCUT2D eigenvalue weighted by atomic mass is 16.5. The van der Waals surface area contributed by atoms with Crippen LogP contribution in [0.3, 0.4) is 0 Å². The number of morpholine rings is 1. The Morgan fingerprint density at radius 3 is 2.63 bits per heavy atom. The molecule has 1 heterocycles. The van der Waals surface area contributed by atoms with E-state index in [0.29, 0.717) is 0 Å². The van der Waals surface area contributed by atoms with Crippen molar-refractivity contribution >= 4 is 5.91 Å². The van der Waals surface area contributed by atoms with Gasteiger partial charge in [0.15, 0.2) is 0 Å². The molecule has 1 aliphatic heterocycles. The third kappa shape index (κ3) is 5.01. The largest absolute Gasteiger partial charge is 0.379 e. The molecule has 0 spiro atoms. The van der Waals surface area contributed by atoms with Crippen LogP contribution in [0.5, 0.6) is 0 Å². The molecular formula is C15H22N2O2. The van der Waals surface area contributed by atoms with E-state index in [0.717, 1.165) is 39.3 Å². The van der Waals surface area contributed by atoms with Crippen LogP contribution in [-0.2, 0) is 16.0 Å². The smallest absolute Gasteiger partial charge is 0.217 e. The Balaban J connectivity index is 1.92. The summed E-state index contributed by atoms with van der Waals surface area (Å²) < 4.78 is 5.35. The van der Waals surface area contributed by atoms with Gasteiger partial charge in [0, 0.05) is 32.6 Å². The SMILES string of the molecule is CC(=O)N[C@H](Cc1ccccc1)CN1CCOCC1. The maximum absolute atomic E-state index is 11.3. The number of rotatable bonds is 5. The van der Waals surface area contributed by atoms with E-state index in [1.54, 1.807) is 6.92 Å². The first-order valence-corrected chi connectivity index (χ1v) is 6.85. The highest BCUT2D eigenvalue weighted by Crippen LogP contribution is 2.06. The summed E-state index contributed by atoms with van der Waals surface area (Å²) in [6, 6.07) is 10.5. The molecule has 0 unspecified atom stereocenters. The van der Waals surface area contributed by atoms with Crippen LogP contribution in [0.25, 0.3) is 0 Å². The summed E-state index contributed by atoms with van der Waals surface area (Å²) >= 11 is 0. The Kier molecular flexibility index (Phi) is 5.36. The summed E-state index contributed by atoms with van der Waals surface area (Å²) in [5, 5.41) is 3.05. The molecule has 0 bridgehead atoms. The third-order valence-corrected chi connectivity index (χ3v) is 3.31. The summed E-state index contributed by atoms with van der Waals surface area (Å²) in [5.41, 5.74) is 1.26. The number of nitrogens with one attached hydrogen (secondary N) is 1. The molecule has 4 nitrogen and oxygen atoms in total. The quantitative estimate of drug-likeness (QED) is 0.863. The molecule has 0 aliphatic carbocycles. The van der Waals surface area contributed by atoms with E-state index in [1.165, 1.54) is 5.56 Å². The Bertz CT molecular complexity index is 388. The Morgan fingerprint density at radius 2 is 2.00 bits per heavy atom. The molecule has 19 heavy (non-hydrogen) atoms. The molecular weight excluding hydrogens is 240 g/mol. The molecule has 1 saturated heterocycles. The summed E-state index contributed by atoms with van der Waals surface area (Å²) in [7, 11) is 0. The van der Waals surface area contributed by atoms with Gasteiger partial charge in [-0.1, -0.05) is 30.3 Å². The zero-order valence-corrected chi connectivity index (χ0v) is 11.5. The first kappa shape index (κ1) is 14.0. The van der Waals surface area contributed by atoms with Crippen LogP contribution >= 0.6 is 0 Å². The molecule has 1 aromatic carbocycles. The van der Waals surface area contributed by atoms with Gasteiger partial charge in [-0.2, -0.15) is 0 Å². The van der Waals surface area contributed by atoms with Gasteiger partial charge in [-0.25, -0.2) is 0 Å². The third-order valence-electron chi connectivity index (χ3n) is 3.31. The van der Waals surface area contributed by atoms with E-state index >= 15 is 0 Å². The minimum absolute atomic E-state index is 0.0363. The molecule has 1 fully saturated rings. The molecule has 1 N–H and O–H groups in total. The lowest BCUT2D eigenvalue weighted by atomic mass is 10.1. The summed E-state index contributed by atoms with van der Waals surface area (Å²) in [5.74, 6) is 0.0363. The topological polar surface area (TPSA) is 41.6 Å². The Labute approximate surface area is 114 Å². The lowest BCUT2D eigenvalue weighted by molar-refractivity contribution is -0.119. The number of nitrogens with zero attached hydrogens (tertiary/aromatic N) is 1. The van der Waals surface area contributed by atoms with Crippen LogP contribution in [0.1, 0.15) is 12.5 Å². The van der Waals surface area contributed by atoms with E-state index in [1.807, 2.05) is 18.2 Å². The monoisotopic (exact) mass is 262 g/mol. The number of carbonyl (C=O) groups excluding carboxylic acids is 1. The molecule has 4 heteroatoms. The van der Waals surface area contributed by atoms with Crippen molar-refractivity contribution in [1.29, 1.82) is 0 Å². The first-order valence-electron chi connectivity index (χ1n) is 6.85. The molecule has 1 atom stereocenters. The van der Waals surface area contributed by atoms with Crippen molar-refractivity contribution in [2.24, 2.45) is 0 Å². The van der Waals surface area contributed by atoms with Gasteiger partial charge in [0.25, 0.3) is 0 Å². The van der Waals surface area contributed by atoms with E-state index in [-0.39, 0.29) is 11.9 Å². The van der Waals surface area contributed by atoms with Crippen molar-refractivity contribution in [1.82, 2.24) is 10.2 Å². The van der Waals surface area contributed by atoms with Gasteiger partial charge < -0.3 is 10.1 Å². The molecule has 1 aliphatic rings. The number of ether oxygens (including phenoxy) is 1. The van der Waals surface area contributed by atoms with Crippen LogP contribution in [0.4, 0.5) is 0 Å². The molecule has 0 saturated carbocycles. The Morgan fingerprint density at radius 1 is 1.32 bits per heavy atom. The standard InChI is InChI=1S/C15H22N2O2/c1-13(18)16-15(11-14-5-3-2-4-6-14)12-17-7-9-19-10-8-17/h2-6,15H,7-12H2,1H3,(H,16,18)/t15-/m1/s1. The zero-order valence-electron chi connectivity index (χ0n) is 11.5. The molecule has 1 amide bonds. The molecule has 104 valence electrons. The minimum Gasteiger partial charge on any atom is -0.379 e. The Hall–Kier alpha value is -1.39. The summed E-state index contributed by atoms with van der Waals surface area (Å²) in [6.07, 6.45) is 0.873. The van der Waals surface area contributed by atoms with Crippen molar-refractivity contribution in [2.45, 2.75) is 19.4 Å². The lowest BCUT2D eigenvalue weighted by Gasteiger charge is -2.30. The fraction of sp³-hybridized carbons (Fsp3) is 0.533. The van der Waals surface area contributed by atoms with Gasteiger partial charge in [-0.15, -0.1) is 0 Å². The van der Waals surface area contributed by atoms with Crippen LogP contribution < -0.4 is 5.32 Å². The normalized spacial score (nSPS) is 17.9. The highest BCUT2D eigenvalue weighted by Gasteiger charge is 2.17. The van der Waals surface area contributed by atoms with Crippen LogP contribution in [0.2, 0.25) is 0 Å². The molecule has 1 aromatic rings. The van der Waals surface area contributed by atoms with Crippen molar-refractivity contribution < 1.29 is 9.53 Å². The number of hydrogen-bond donors (Lipinski definition) is 1. The number of hydrogen-bond acceptors (Lipinski definition) is 3. The van der Waals surface area contributed by atoms with Crippen LogP contribution in [0.15, 0.2) is 30.3 Å². The average Bonchev–Trinajstić information content (AvgIpc) is 2.40. The van der Waals surface area contributed by atoms with Crippen molar-refractivity contribution in [2.75, 3.05) is 32.8 Å². The fourth-order valence-corrected chi connectivity index (χ4v) is 2.44. The van der Waals surface area contributed by atoms with E-state index in [9.17, 15) is 4.79 Å².